The molecule has 0 saturated heterocycles. The molecular weight excluding hydrogens is 228 g/mol. The third-order valence-electron chi connectivity index (χ3n) is 4.10. The summed E-state index contributed by atoms with van der Waals surface area (Å²) in [5.41, 5.74) is 2.89. The van der Waals surface area contributed by atoms with Crippen LogP contribution < -0.4 is 0 Å². The average molecular weight is 260 g/mol. The Morgan fingerprint density at radius 2 is 1.47 bits per heavy atom. The van der Waals surface area contributed by atoms with Crippen LogP contribution in [0.25, 0.3) is 0 Å². The SMILES string of the molecule is CCC.Cc1ccc(CCC2CCC(C)CC2)cc1. The normalized spacial score (nSPS) is 22.5. The van der Waals surface area contributed by atoms with Crippen molar-refractivity contribution in [1.29, 1.82) is 0 Å². The van der Waals surface area contributed by atoms with E-state index in [1.165, 1.54) is 56.1 Å². The van der Waals surface area contributed by atoms with Gasteiger partial charge in [-0.25, -0.2) is 0 Å². The molecule has 0 heteroatoms. The monoisotopic (exact) mass is 260 g/mol. The predicted octanol–water partition coefficient (Wildman–Crippen LogP) is 6.17. The maximum absolute atomic E-state index is 2.40. The Morgan fingerprint density at radius 1 is 0.947 bits per heavy atom. The van der Waals surface area contributed by atoms with Gasteiger partial charge < -0.3 is 0 Å². The molecule has 0 aromatic heterocycles. The summed E-state index contributed by atoms with van der Waals surface area (Å²) >= 11 is 0. The summed E-state index contributed by atoms with van der Waals surface area (Å²) in [7, 11) is 0. The van der Waals surface area contributed by atoms with Gasteiger partial charge in [-0.3, -0.25) is 0 Å². The van der Waals surface area contributed by atoms with E-state index in [0.29, 0.717) is 0 Å². The quantitative estimate of drug-likeness (QED) is 0.609. The van der Waals surface area contributed by atoms with Gasteiger partial charge in [-0.15, -0.1) is 0 Å². The van der Waals surface area contributed by atoms with Crippen molar-refractivity contribution in [2.45, 2.75) is 72.6 Å². The standard InChI is InChI=1S/C16H24.C3H8/c1-13-3-7-15(8-4-13)11-12-16-9-5-14(2)6-10-16;1-3-2/h3-4,7-8,14,16H,5-6,9-12H2,1-2H3;3H2,1-2H3. The second-order valence-corrected chi connectivity index (χ2v) is 6.36. The number of hydrogen-bond acceptors (Lipinski definition) is 0. The van der Waals surface area contributed by atoms with Crippen molar-refractivity contribution in [3.05, 3.63) is 35.4 Å². The van der Waals surface area contributed by atoms with Crippen molar-refractivity contribution in [3.8, 4) is 0 Å². The molecule has 1 fully saturated rings. The summed E-state index contributed by atoms with van der Waals surface area (Å²) < 4.78 is 0. The van der Waals surface area contributed by atoms with E-state index in [0.717, 1.165) is 11.8 Å². The summed E-state index contributed by atoms with van der Waals surface area (Å²) in [6.07, 6.45) is 9.77. The van der Waals surface area contributed by atoms with Gasteiger partial charge in [-0.1, -0.05) is 82.7 Å². The Bertz CT molecular complexity index is 314. The van der Waals surface area contributed by atoms with Gasteiger partial charge in [-0.2, -0.15) is 0 Å². The van der Waals surface area contributed by atoms with Gasteiger partial charge in [0.05, 0.1) is 0 Å². The lowest BCUT2D eigenvalue weighted by atomic mass is 9.80. The molecule has 1 aliphatic carbocycles. The van der Waals surface area contributed by atoms with E-state index in [2.05, 4.69) is 52.0 Å². The minimum Gasteiger partial charge on any atom is -0.0656 e. The van der Waals surface area contributed by atoms with E-state index in [4.69, 9.17) is 0 Å². The van der Waals surface area contributed by atoms with Crippen LogP contribution >= 0.6 is 0 Å². The van der Waals surface area contributed by atoms with Crippen molar-refractivity contribution in [1.82, 2.24) is 0 Å². The predicted molar refractivity (Wildman–Crippen MR) is 86.6 cm³/mol. The van der Waals surface area contributed by atoms with Crippen LogP contribution in [0, 0.1) is 18.8 Å². The summed E-state index contributed by atoms with van der Waals surface area (Å²) in [6, 6.07) is 9.05. The summed E-state index contributed by atoms with van der Waals surface area (Å²) in [5, 5.41) is 0. The number of benzene rings is 1. The molecule has 1 aromatic rings. The molecule has 0 atom stereocenters. The largest absolute Gasteiger partial charge is 0.0656 e. The first-order chi connectivity index (χ1) is 9.15. The molecule has 1 aromatic carbocycles. The molecule has 0 aliphatic heterocycles. The lowest BCUT2D eigenvalue weighted by Crippen LogP contribution is -2.12. The zero-order chi connectivity index (χ0) is 14.1. The number of rotatable bonds is 3. The highest BCUT2D eigenvalue weighted by atomic mass is 14.2. The molecule has 19 heavy (non-hydrogen) atoms. The van der Waals surface area contributed by atoms with Crippen LogP contribution in [0.1, 0.15) is 70.4 Å². The van der Waals surface area contributed by atoms with Crippen molar-refractivity contribution < 1.29 is 0 Å². The number of hydrogen-bond donors (Lipinski definition) is 0. The molecule has 2 rings (SSSR count). The number of aryl methyl sites for hydroxylation is 2. The lowest BCUT2D eigenvalue weighted by molar-refractivity contribution is 0.278. The molecule has 108 valence electrons. The zero-order valence-corrected chi connectivity index (χ0v) is 13.4. The highest BCUT2D eigenvalue weighted by molar-refractivity contribution is 5.21. The molecular formula is C19H32. The maximum Gasteiger partial charge on any atom is -0.0276 e. The van der Waals surface area contributed by atoms with Crippen LogP contribution in [-0.2, 0) is 6.42 Å². The van der Waals surface area contributed by atoms with Crippen molar-refractivity contribution in [3.63, 3.8) is 0 Å². The smallest absolute Gasteiger partial charge is 0.0276 e. The second-order valence-electron chi connectivity index (χ2n) is 6.36. The van der Waals surface area contributed by atoms with Gasteiger partial charge in [0.1, 0.15) is 0 Å². The van der Waals surface area contributed by atoms with Gasteiger partial charge in [0, 0.05) is 0 Å². The highest BCUT2D eigenvalue weighted by Gasteiger charge is 2.17. The summed E-state index contributed by atoms with van der Waals surface area (Å²) in [5.74, 6) is 1.98. The molecule has 0 heterocycles. The van der Waals surface area contributed by atoms with Gasteiger partial charge >= 0.3 is 0 Å². The lowest BCUT2D eigenvalue weighted by Gasteiger charge is -2.26. The second kappa shape index (κ2) is 9.18. The zero-order valence-electron chi connectivity index (χ0n) is 13.4. The topological polar surface area (TPSA) is 0 Å². The Kier molecular flexibility index (Phi) is 7.86. The Hall–Kier alpha value is -0.780. The van der Waals surface area contributed by atoms with Crippen LogP contribution in [0.4, 0.5) is 0 Å². The first-order valence-electron chi connectivity index (χ1n) is 8.21. The first kappa shape index (κ1) is 16.3. The third-order valence-corrected chi connectivity index (χ3v) is 4.10. The summed E-state index contributed by atoms with van der Waals surface area (Å²) in [4.78, 5) is 0. The van der Waals surface area contributed by atoms with Gasteiger partial charge in [0.2, 0.25) is 0 Å². The fourth-order valence-electron chi connectivity index (χ4n) is 2.74. The average Bonchev–Trinajstić information content (AvgIpc) is 2.41. The van der Waals surface area contributed by atoms with Crippen LogP contribution in [0.15, 0.2) is 24.3 Å². The molecule has 1 saturated carbocycles. The van der Waals surface area contributed by atoms with Crippen molar-refractivity contribution in [2.75, 3.05) is 0 Å². The maximum atomic E-state index is 2.40. The van der Waals surface area contributed by atoms with Gasteiger partial charge in [0.15, 0.2) is 0 Å². The van der Waals surface area contributed by atoms with E-state index >= 15 is 0 Å². The Morgan fingerprint density at radius 3 is 2.00 bits per heavy atom. The molecule has 0 bridgehead atoms. The van der Waals surface area contributed by atoms with Gasteiger partial charge in [0.25, 0.3) is 0 Å². The van der Waals surface area contributed by atoms with Crippen LogP contribution in [0.3, 0.4) is 0 Å². The molecule has 0 radical (unpaired) electrons. The fourth-order valence-corrected chi connectivity index (χ4v) is 2.74. The molecule has 0 spiro atoms. The molecule has 0 N–H and O–H groups in total. The van der Waals surface area contributed by atoms with E-state index in [1.54, 1.807) is 0 Å². The molecule has 0 amide bonds. The van der Waals surface area contributed by atoms with E-state index < -0.39 is 0 Å². The highest BCUT2D eigenvalue weighted by Crippen LogP contribution is 2.31. The summed E-state index contributed by atoms with van der Waals surface area (Å²) in [6.45, 7) is 8.81. The van der Waals surface area contributed by atoms with Crippen LogP contribution in [0.2, 0.25) is 0 Å². The van der Waals surface area contributed by atoms with Crippen molar-refractivity contribution >= 4 is 0 Å². The van der Waals surface area contributed by atoms with E-state index in [-0.39, 0.29) is 0 Å². The molecule has 1 aliphatic rings. The Labute approximate surface area is 120 Å². The Balaban J connectivity index is 0.000000550. The fraction of sp³-hybridized carbons (Fsp3) is 0.684. The first-order valence-corrected chi connectivity index (χ1v) is 8.21. The molecule has 0 nitrogen and oxygen atoms in total. The van der Waals surface area contributed by atoms with Crippen LogP contribution in [-0.4, -0.2) is 0 Å². The molecule has 0 unspecified atom stereocenters. The van der Waals surface area contributed by atoms with E-state index in [1.807, 2.05) is 0 Å². The third kappa shape index (κ3) is 6.80. The minimum absolute atomic E-state index is 0.982. The van der Waals surface area contributed by atoms with Crippen molar-refractivity contribution in [2.24, 2.45) is 11.8 Å². The van der Waals surface area contributed by atoms with E-state index in [9.17, 15) is 0 Å². The van der Waals surface area contributed by atoms with Crippen LogP contribution in [0.5, 0.6) is 0 Å². The minimum atomic E-state index is 0.982. The van der Waals surface area contributed by atoms with Gasteiger partial charge in [-0.05, 0) is 37.2 Å².